The summed E-state index contributed by atoms with van der Waals surface area (Å²) in [4.78, 5) is 0. The maximum atomic E-state index is 13.2. The minimum atomic E-state index is -0.921. The third kappa shape index (κ3) is 1.72. The molecule has 0 saturated heterocycles. The molecule has 80 valence electrons. The van der Waals surface area contributed by atoms with E-state index in [1.165, 1.54) is 12.3 Å². The molecule has 1 N–H and O–H groups in total. The number of halogens is 2. The largest absolute Gasteiger partial charge is 0.461 e. The van der Waals surface area contributed by atoms with Crippen molar-refractivity contribution in [2.75, 3.05) is 6.54 Å². The van der Waals surface area contributed by atoms with E-state index in [4.69, 9.17) is 4.42 Å². The second-order valence-electron chi connectivity index (χ2n) is 3.28. The highest BCUT2D eigenvalue weighted by Crippen LogP contribution is 2.25. The molecule has 0 aliphatic rings. The van der Waals surface area contributed by atoms with E-state index in [9.17, 15) is 8.78 Å². The van der Waals surface area contributed by atoms with Gasteiger partial charge >= 0.3 is 0 Å². The Balaban J connectivity index is 2.47. The van der Waals surface area contributed by atoms with Crippen molar-refractivity contribution < 1.29 is 13.2 Å². The van der Waals surface area contributed by atoms with Crippen molar-refractivity contribution in [3.63, 3.8) is 0 Å². The Labute approximate surface area is 85.9 Å². The fourth-order valence-electron chi connectivity index (χ4n) is 1.49. The SMILES string of the molecule is CCNCc1coc2c(F)c(F)ccc12. The van der Waals surface area contributed by atoms with Gasteiger partial charge in [0.1, 0.15) is 0 Å². The smallest absolute Gasteiger partial charge is 0.201 e. The molecule has 0 radical (unpaired) electrons. The second-order valence-corrected chi connectivity index (χ2v) is 3.28. The first-order chi connectivity index (χ1) is 7.24. The molecule has 2 nitrogen and oxygen atoms in total. The minimum Gasteiger partial charge on any atom is -0.461 e. The molecule has 0 bridgehead atoms. The molecule has 1 heterocycles. The third-order valence-electron chi connectivity index (χ3n) is 2.28. The summed E-state index contributed by atoms with van der Waals surface area (Å²) < 4.78 is 31.1. The molecule has 0 aliphatic carbocycles. The van der Waals surface area contributed by atoms with Crippen LogP contribution in [0.25, 0.3) is 11.0 Å². The lowest BCUT2D eigenvalue weighted by molar-refractivity contribution is 0.491. The summed E-state index contributed by atoms with van der Waals surface area (Å²) in [6, 6.07) is 2.65. The van der Waals surface area contributed by atoms with Crippen LogP contribution in [-0.4, -0.2) is 6.54 Å². The van der Waals surface area contributed by atoms with E-state index >= 15 is 0 Å². The van der Waals surface area contributed by atoms with E-state index in [1.807, 2.05) is 6.92 Å². The van der Waals surface area contributed by atoms with Crippen molar-refractivity contribution in [1.29, 1.82) is 0 Å². The number of hydrogen-bond acceptors (Lipinski definition) is 2. The zero-order valence-electron chi connectivity index (χ0n) is 8.31. The average molecular weight is 211 g/mol. The van der Waals surface area contributed by atoms with Gasteiger partial charge in [-0.05, 0) is 18.7 Å². The molecule has 0 fully saturated rings. The van der Waals surface area contributed by atoms with Crippen molar-refractivity contribution in [3.05, 3.63) is 35.6 Å². The molecule has 0 saturated carbocycles. The molecular weight excluding hydrogens is 200 g/mol. The van der Waals surface area contributed by atoms with Crippen LogP contribution in [0.15, 0.2) is 22.8 Å². The molecule has 0 unspecified atom stereocenters. The van der Waals surface area contributed by atoms with Crippen molar-refractivity contribution in [3.8, 4) is 0 Å². The molecule has 0 spiro atoms. The van der Waals surface area contributed by atoms with Gasteiger partial charge in [0.15, 0.2) is 11.4 Å². The first kappa shape index (κ1) is 10.1. The van der Waals surface area contributed by atoms with E-state index in [0.717, 1.165) is 18.2 Å². The quantitative estimate of drug-likeness (QED) is 0.844. The van der Waals surface area contributed by atoms with Crippen LogP contribution in [0.3, 0.4) is 0 Å². The lowest BCUT2D eigenvalue weighted by Gasteiger charge is -1.98. The van der Waals surface area contributed by atoms with Gasteiger partial charge in [-0.15, -0.1) is 0 Å². The van der Waals surface area contributed by atoms with Gasteiger partial charge in [0.25, 0.3) is 0 Å². The molecule has 2 rings (SSSR count). The van der Waals surface area contributed by atoms with Gasteiger partial charge in [-0.1, -0.05) is 6.92 Å². The van der Waals surface area contributed by atoms with E-state index in [1.54, 1.807) is 0 Å². The van der Waals surface area contributed by atoms with Gasteiger partial charge in [-0.3, -0.25) is 0 Å². The lowest BCUT2D eigenvalue weighted by atomic mass is 10.1. The predicted octanol–water partition coefficient (Wildman–Crippen LogP) is 2.82. The molecule has 2 aromatic rings. The van der Waals surface area contributed by atoms with Crippen LogP contribution in [0, 0.1) is 11.6 Å². The van der Waals surface area contributed by atoms with Crippen LogP contribution >= 0.6 is 0 Å². The van der Waals surface area contributed by atoms with Crippen LogP contribution < -0.4 is 5.32 Å². The summed E-state index contributed by atoms with van der Waals surface area (Å²) in [5.41, 5.74) is 0.827. The number of furan rings is 1. The summed E-state index contributed by atoms with van der Waals surface area (Å²) in [5, 5.41) is 3.72. The maximum Gasteiger partial charge on any atom is 0.201 e. The molecular formula is C11H11F2NO. The fourth-order valence-corrected chi connectivity index (χ4v) is 1.49. The second kappa shape index (κ2) is 3.98. The van der Waals surface area contributed by atoms with Gasteiger partial charge in [0.05, 0.1) is 6.26 Å². The summed E-state index contributed by atoms with van der Waals surface area (Å²) in [5.74, 6) is -1.80. The molecule has 0 amide bonds. The van der Waals surface area contributed by atoms with Crippen LogP contribution in [0.1, 0.15) is 12.5 Å². The van der Waals surface area contributed by atoms with Gasteiger partial charge < -0.3 is 9.73 Å². The van der Waals surface area contributed by atoms with Crippen LogP contribution in [0.5, 0.6) is 0 Å². The standard InChI is InChI=1S/C11H11F2NO/c1-2-14-5-7-6-15-11-8(7)3-4-9(12)10(11)13/h3-4,6,14H,2,5H2,1H3. The number of nitrogens with one attached hydrogen (secondary N) is 1. The monoisotopic (exact) mass is 211 g/mol. The Hall–Kier alpha value is -1.42. The normalized spacial score (nSPS) is 11.1. The van der Waals surface area contributed by atoms with Gasteiger partial charge in [0, 0.05) is 17.5 Å². The highest BCUT2D eigenvalue weighted by molar-refractivity contribution is 5.81. The topological polar surface area (TPSA) is 25.2 Å². The summed E-state index contributed by atoms with van der Waals surface area (Å²) >= 11 is 0. The number of fused-ring (bicyclic) bond motifs is 1. The number of benzene rings is 1. The molecule has 0 atom stereocenters. The van der Waals surface area contributed by atoms with Crippen LogP contribution in [-0.2, 0) is 6.54 Å². The van der Waals surface area contributed by atoms with Crippen LogP contribution in [0.4, 0.5) is 8.78 Å². The Morgan fingerprint density at radius 1 is 1.33 bits per heavy atom. The highest BCUT2D eigenvalue weighted by atomic mass is 19.2. The minimum absolute atomic E-state index is 0.0112. The summed E-state index contributed by atoms with van der Waals surface area (Å²) in [6.07, 6.45) is 1.45. The predicted molar refractivity (Wildman–Crippen MR) is 53.5 cm³/mol. The van der Waals surface area contributed by atoms with Gasteiger partial charge in [-0.2, -0.15) is 4.39 Å². The zero-order chi connectivity index (χ0) is 10.8. The number of hydrogen-bond donors (Lipinski definition) is 1. The third-order valence-corrected chi connectivity index (χ3v) is 2.28. The van der Waals surface area contributed by atoms with Crippen molar-refractivity contribution in [2.24, 2.45) is 0 Å². The Kier molecular flexibility index (Phi) is 2.68. The molecule has 15 heavy (non-hydrogen) atoms. The summed E-state index contributed by atoms with van der Waals surface area (Å²) in [6.45, 7) is 3.38. The summed E-state index contributed by atoms with van der Waals surface area (Å²) in [7, 11) is 0. The van der Waals surface area contributed by atoms with E-state index < -0.39 is 11.6 Å². The van der Waals surface area contributed by atoms with E-state index in [2.05, 4.69) is 5.32 Å². The fraction of sp³-hybridized carbons (Fsp3) is 0.273. The lowest BCUT2D eigenvalue weighted by Crippen LogP contribution is -2.11. The Morgan fingerprint density at radius 3 is 2.87 bits per heavy atom. The van der Waals surface area contributed by atoms with Crippen molar-refractivity contribution >= 4 is 11.0 Å². The van der Waals surface area contributed by atoms with Crippen LogP contribution in [0.2, 0.25) is 0 Å². The Bertz CT molecular complexity index is 479. The average Bonchev–Trinajstić information content (AvgIpc) is 2.64. The van der Waals surface area contributed by atoms with Gasteiger partial charge in [0.2, 0.25) is 5.82 Å². The van der Waals surface area contributed by atoms with E-state index in [0.29, 0.717) is 11.9 Å². The highest BCUT2D eigenvalue weighted by Gasteiger charge is 2.13. The van der Waals surface area contributed by atoms with Crippen molar-refractivity contribution in [1.82, 2.24) is 5.32 Å². The number of rotatable bonds is 3. The first-order valence-corrected chi connectivity index (χ1v) is 4.78. The molecule has 1 aromatic heterocycles. The maximum absolute atomic E-state index is 13.2. The molecule has 4 heteroatoms. The van der Waals surface area contributed by atoms with Gasteiger partial charge in [-0.25, -0.2) is 4.39 Å². The van der Waals surface area contributed by atoms with E-state index in [-0.39, 0.29) is 5.58 Å². The molecule has 1 aromatic carbocycles. The first-order valence-electron chi connectivity index (χ1n) is 4.78. The zero-order valence-corrected chi connectivity index (χ0v) is 8.31. The molecule has 0 aliphatic heterocycles. The van der Waals surface area contributed by atoms with Crippen molar-refractivity contribution in [2.45, 2.75) is 13.5 Å². The Morgan fingerprint density at radius 2 is 2.13 bits per heavy atom.